The van der Waals surface area contributed by atoms with E-state index in [-0.39, 0.29) is 0 Å². The summed E-state index contributed by atoms with van der Waals surface area (Å²) in [4.78, 5) is 0. The standard InChI is InChI=1S/C48H32O/c1-3-13-31(14-4-1)34-24-26-41(43(29-34)32-15-5-2-6-16-32)47-39-21-11-9-19-37(39)46(38-20-10-12-22-40(38)47)35-25-28-45-44(30-35)42-27-23-33-17-7-8-18-36(33)48(42)49-45/h1-9,11-19,21-30H,10,20H2. The van der Waals surface area contributed by atoms with Gasteiger partial charge in [0.1, 0.15) is 11.2 Å². The lowest BCUT2D eigenvalue weighted by Crippen LogP contribution is -2.03. The van der Waals surface area contributed by atoms with Crippen LogP contribution in [0.25, 0.3) is 94.1 Å². The normalized spacial score (nSPS) is 12.7. The monoisotopic (exact) mass is 624 g/mol. The molecule has 0 spiro atoms. The predicted octanol–water partition coefficient (Wildman–Crippen LogP) is 13.5. The number of rotatable bonds is 4. The largest absolute Gasteiger partial charge is 0.455 e. The minimum absolute atomic E-state index is 0.927. The van der Waals surface area contributed by atoms with Crippen LogP contribution in [0.15, 0.2) is 168 Å². The highest BCUT2D eigenvalue weighted by atomic mass is 16.3. The fourth-order valence-corrected chi connectivity index (χ4v) is 8.09. The molecule has 1 aromatic heterocycles. The zero-order chi connectivity index (χ0) is 32.3. The van der Waals surface area contributed by atoms with Gasteiger partial charge in [-0.15, -0.1) is 0 Å². The average molecular weight is 625 g/mol. The molecule has 0 N–H and O–H groups in total. The Kier molecular flexibility index (Phi) is 6.38. The number of hydrogen-bond donors (Lipinski definition) is 0. The Morgan fingerprint density at radius 3 is 1.94 bits per heavy atom. The Hall–Kier alpha value is -6.18. The number of benzene rings is 8. The molecular formula is C48H32O. The lowest BCUT2D eigenvalue weighted by atomic mass is 9.78. The zero-order valence-corrected chi connectivity index (χ0v) is 27.0. The van der Waals surface area contributed by atoms with E-state index in [0.717, 1.165) is 40.2 Å². The van der Waals surface area contributed by atoms with E-state index >= 15 is 0 Å². The Balaban J connectivity index is 1.25. The summed E-state index contributed by atoms with van der Waals surface area (Å²) in [6.45, 7) is 0. The number of furan rings is 1. The second-order valence-corrected chi connectivity index (χ2v) is 13.1. The summed E-state index contributed by atoms with van der Waals surface area (Å²) in [6, 6.07) is 57.3. The van der Waals surface area contributed by atoms with Crippen LogP contribution in [0.1, 0.15) is 17.5 Å². The molecule has 0 atom stereocenters. The highest BCUT2D eigenvalue weighted by molar-refractivity contribution is 6.17. The molecular weight excluding hydrogens is 593 g/mol. The highest BCUT2D eigenvalue weighted by Crippen LogP contribution is 2.48. The Labute approximate surface area is 285 Å². The molecule has 1 aliphatic carbocycles. The van der Waals surface area contributed by atoms with Gasteiger partial charge in [0.05, 0.1) is 0 Å². The van der Waals surface area contributed by atoms with Crippen LogP contribution in [0.3, 0.4) is 0 Å². The van der Waals surface area contributed by atoms with E-state index in [1.165, 1.54) is 71.8 Å². The van der Waals surface area contributed by atoms with Crippen molar-refractivity contribution in [2.24, 2.45) is 0 Å². The van der Waals surface area contributed by atoms with Crippen molar-refractivity contribution < 1.29 is 4.42 Å². The topological polar surface area (TPSA) is 13.1 Å². The molecule has 0 amide bonds. The quantitative estimate of drug-likeness (QED) is 0.190. The van der Waals surface area contributed by atoms with E-state index in [4.69, 9.17) is 4.42 Å². The smallest absolute Gasteiger partial charge is 0.143 e. The summed E-state index contributed by atoms with van der Waals surface area (Å²) < 4.78 is 6.52. The first-order valence-corrected chi connectivity index (χ1v) is 17.2. The number of hydrogen-bond acceptors (Lipinski definition) is 1. The minimum atomic E-state index is 0.927. The van der Waals surface area contributed by atoms with Gasteiger partial charge in [-0.2, -0.15) is 0 Å². The van der Waals surface area contributed by atoms with Crippen LogP contribution >= 0.6 is 0 Å². The fraction of sp³-hybridized carbons (Fsp3) is 0.0417. The van der Waals surface area contributed by atoms with Crippen LogP contribution in [0.5, 0.6) is 0 Å². The third-order valence-electron chi connectivity index (χ3n) is 10.3. The van der Waals surface area contributed by atoms with E-state index < -0.39 is 0 Å². The van der Waals surface area contributed by atoms with Gasteiger partial charge in [-0.1, -0.05) is 146 Å². The van der Waals surface area contributed by atoms with Crippen molar-refractivity contribution in [3.05, 3.63) is 175 Å². The van der Waals surface area contributed by atoms with Gasteiger partial charge in [0.2, 0.25) is 0 Å². The lowest BCUT2D eigenvalue weighted by molar-refractivity contribution is 0.672. The summed E-state index contributed by atoms with van der Waals surface area (Å²) in [5.74, 6) is 0. The summed E-state index contributed by atoms with van der Waals surface area (Å²) >= 11 is 0. The Morgan fingerprint density at radius 2 is 1.12 bits per heavy atom. The molecule has 0 bridgehead atoms. The molecule has 10 rings (SSSR count). The number of fused-ring (bicyclic) bond motifs is 7. The second-order valence-electron chi connectivity index (χ2n) is 13.1. The average Bonchev–Trinajstić information content (AvgIpc) is 3.56. The minimum Gasteiger partial charge on any atom is -0.455 e. The van der Waals surface area contributed by atoms with E-state index in [1.807, 2.05) is 0 Å². The maximum atomic E-state index is 6.52. The zero-order valence-electron chi connectivity index (χ0n) is 27.0. The molecule has 1 aliphatic rings. The van der Waals surface area contributed by atoms with Gasteiger partial charge in [0.25, 0.3) is 0 Å². The van der Waals surface area contributed by atoms with E-state index in [0.29, 0.717) is 0 Å². The summed E-state index contributed by atoms with van der Waals surface area (Å²) in [5.41, 5.74) is 14.7. The second kappa shape index (κ2) is 11.2. The van der Waals surface area contributed by atoms with Gasteiger partial charge in [-0.05, 0) is 109 Å². The SMILES string of the molecule is C1=Cc2c(c(-c3ccc4oc5c6ccccc6ccc5c4c3)c3ccccc3c2-c2ccc(-c3ccccc3)cc2-c2ccccc2)CC1. The predicted molar refractivity (Wildman–Crippen MR) is 208 cm³/mol. The van der Waals surface area contributed by atoms with Crippen molar-refractivity contribution in [1.82, 2.24) is 0 Å². The first-order valence-electron chi connectivity index (χ1n) is 17.2. The maximum Gasteiger partial charge on any atom is 0.143 e. The van der Waals surface area contributed by atoms with Gasteiger partial charge in [-0.3, -0.25) is 0 Å². The van der Waals surface area contributed by atoms with Crippen molar-refractivity contribution in [3.63, 3.8) is 0 Å². The molecule has 1 heteroatoms. The molecule has 0 saturated heterocycles. The molecule has 49 heavy (non-hydrogen) atoms. The van der Waals surface area contributed by atoms with Crippen LogP contribution in [-0.2, 0) is 6.42 Å². The van der Waals surface area contributed by atoms with Gasteiger partial charge in [-0.25, -0.2) is 0 Å². The van der Waals surface area contributed by atoms with E-state index in [2.05, 4.69) is 170 Å². The first-order chi connectivity index (χ1) is 24.3. The van der Waals surface area contributed by atoms with Crippen LogP contribution in [0, 0.1) is 0 Å². The van der Waals surface area contributed by atoms with Crippen molar-refractivity contribution in [2.75, 3.05) is 0 Å². The van der Waals surface area contributed by atoms with Crippen LogP contribution in [0.4, 0.5) is 0 Å². The lowest BCUT2D eigenvalue weighted by Gasteiger charge is -2.25. The molecule has 0 fully saturated rings. The maximum absolute atomic E-state index is 6.52. The Bertz CT molecular complexity index is 2750. The molecule has 230 valence electrons. The first kappa shape index (κ1) is 27.9. The van der Waals surface area contributed by atoms with Crippen LogP contribution in [-0.4, -0.2) is 0 Å². The molecule has 9 aromatic rings. The molecule has 1 heterocycles. The summed E-state index contributed by atoms with van der Waals surface area (Å²) in [5, 5.41) is 7.24. The van der Waals surface area contributed by atoms with Crippen molar-refractivity contribution in [2.45, 2.75) is 12.8 Å². The molecule has 0 aliphatic heterocycles. The molecule has 1 nitrogen and oxygen atoms in total. The molecule has 0 saturated carbocycles. The summed E-state index contributed by atoms with van der Waals surface area (Å²) in [6.07, 6.45) is 6.75. The van der Waals surface area contributed by atoms with Gasteiger partial charge < -0.3 is 4.42 Å². The van der Waals surface area contributed by atoms with Gasteiger partial charge >= 0.3 is 0 Å². The van der Waals surface area contributed by atoms with Crippen molar-refractivity contribution in [3.8, 4) is 44.5 Å². The van der Waals surface area contributed by atoms with E-state index in [9.17, 15) is 0 Å². The molecule has 0 unspecified atom stereocenters. The van der Waals surface area contributed by atoms with Crippen LogP contribution in [0.2, 0.25) is 0 Å². The molecule has 0 radical (unpaired) electrons. The Morgan fingerprint density at radius 1 is 0.429 bits per heavy atom. The van der Waals surface area contributed by atoms with Crippen LogP contribution < -0.4 is 0 Å². The highest BCUT2D eigenvalue weighted by Gasteiger charge is 2.24. The number of allylic oxidation sites excluding steroid dienone is 1. The van der Waals surface area contributed by atoms with Crippen molar-refractivity contribution in [1.29, 1.82) is 0 Å². The van der Waals surface area contributed by atoms with Crippen molar-refractivity contribution >= 4 is 49.6 Å². The van der Waals surface area contributed by atoms with Gasteiger partial charge in [0.15, 0.2) is 0 Å². The summed E-state index contributed by atoms with van der Waals surface area (Å²) in [7, 11) is 0. The third kappa shape index (κ3) is 4.47. The third-order valence-corrected chi connectivity index (χ3v) is 10.3. The van der Waals surface area contributed by atoms with E-state index in [1.54, 1.807) is 0 Å². The van der Waals surface area contributed by atoms with Gasteiger partial charge in [0, 0.05) is 16.2 Å². The molecule has 8 aromatic carbocycles. The fourth-order valence-electron chi connectivity index (χ4n) is 8.09.